The van der Waals surface area contributed by atoms with Crippen molar-refractivity contribution in [2.75, 3.05) is 0 Å². The lowest BCUT2D eigenvalue weighted by atomic mass is 9.83. The smallest absolute Gasteiger partial charge is 0.111 e. The van der Waals surface area contributed by atoms with Gasteiger partial charge in [-0.1, -0.05) is 69.9 Å². The number of aryl methyl sites for hydroxylation is 1. The number of aromatic nitrogens is 3. The standard InChI is InChI=1S/C21H40N4O5/c1-2-3-4-5-6-7-8-9-10-11-12-25-14-15(23-24-25)13-22-16-17(26)19(28)21(30)20(29)18(16)27/h14,16-22,26-30H,2-13H2,1H3/t16?,17-,18+,19+,20-,21?. The fourth-order valence-electron chi connectivity index (χ4n) is 3.99. The number of nitrogens with zero attached hydrogens (tertiary/aromatic N) is 3. The number of nitrogens with one attached hydrogen (secondary N) is 1. The van der Waals surface area contributed by atoms with Crippen LogP contribution < -0.4 is 5.32 Å². The van der Waals surface area contributed by atoms with Gasteiger partial charge in [0.05, 0.1) is 11.7 Å². The molecule has 2 rings (SSSR count). The van der Waals surface area contributed by atoms with Crippen LogP contribution in [0.2, 0.25) is 0 Å². The average Bonchev–Trinajstić information content (AvgIpc) is 3.20. The molecule has 0 spiro atoms. The lowest BCUT2D eigenvalue weighted by Gasteiger charge is -2.42. The van der Waals surface area contributed by atoms with Gasteiger partial charge >= 0.3 is 0 Å². The van der Waals surface area contributed by atoms with Gasteiger partial charge in [0.15, 0.2) is 0 Å². The third-order valence-corrected chi connectivity index (χ3v) is 5.98. The summed E-state index contributed by atoms with van der Waals surface area (Å²) in [6.45, 7) is 3.25. The molecule has 2 unspecified atom stereocenters. The Morgan fingerprint density at radius 2 is 1.27 bits per heavy atom. The van der Waals surface area contributed by atoms with Crippen LogP contribution in [-0.2, 0) is 13.1 Å². The van der Waals surface area contributed by atoms with Gasteiger partial charge in [0.25, 0.3) is 0 Å². The summed E-state index contributed by atoms with van der Waals surface area (Å²) in [6, 6.07) is -0.981. The summed E-state index contributed by atoms with van der Waals surface area (Å²) in [6.07, 6.45) is 7.12. The Balaban J connectivity index is 1.61. The number of unbranched alkanes of at least 4 members (excludes halogenated alkanes) is 9. The molecule has 1 aliphatic carbocycles. The van der Waals surface area contributed by atoms with Crippen LogP contribution in [0.1, 0.15) is 76.8 Å². The summed E-state index contributed by atoms with van der Waals surface area (Å²) in [5.41, 5.74) is 0.636. The second-order valence-corrected chi connectivity index (χ2v) is 8.51. The molecule has 9 heteroatoms. The normalized spacial score (nSPS) is 29.4. The van der Waals surface area contributed by atoms with Crippen molar-refractivity contribution in [3.05, 3.63) is 11.9 Å². The van der Waals surface area contributed by atoms with Gasteiger partial charge in [-0.2, -0.15) is 0 Å². The van der Waals surface area contributed by atoms with Crippen molar-refractivity contribution < 1.29 is 25.5 Å². The van der Waals surface area contributed by atoms with Crippen LogP contribution in [0.4, 0.5) is 0 Å². The Labute approximate surface area is 179 Å². The lowest BCUT2D eigenvalue weighted by molar-refractivity contribution is -0.190. The van der Waals surface area contributed by atoms with E-state index < -0.39 is 36.6 Å². The molecule has 0 amide bonds. The molecule has 6 atom stereocenters. The molecule has 6 N–H and O–H groups in total. The molecule has 30 heavy (non-hydrogen) atoms. The lowest BCUT2D eigenvalue weighted by Crippen LogP contribution is -2.67. The third-order valence-electron chi connectivity index (χ3n) is 5.98. The van der Waals surface area contributed by atoms with E-state index >= 15 is 0 Å². The molecule has 1 aromatic heterocycles. The maximum atomic E-state index is 10.1. The zero-order valence-electron chi connectivity index (χ0n) is 18.1. The van der Waals surface area contributed by atoms with Crippen LogP contribution in [0.5, 0.6) is 0 Å². The molecule has 1 fully saturated rings. The number of aliphatic hydroxyl groups excluding tert-OH is 5. The second-order valence-electron chi connectivity index (χ2n) is 8.51. The van der Waals surface area contributed by atoms with E-state index in [1.165, 1.54) is 57.8 Å². The highest BCUT2D eigenvalue weighted by Crippen LogP contribution is 2.21. The highest BCUT2D eigenvalue weighted by molar-refractivity contribution is 5.03. The van der Waals surface area contributed by atoms with Crippen LogP contribution in [-0.4, -0.2) is 77.1 Å². The van der Waals surface area contributed by atoms with Crippen molar-refractivity contribution in [3.8, 4) is 0 Å². The summed E-state index contributed by atoms with van der Waals surface area (Å²) in [7, 11) is 0. The first-order valence-electron chi connectivity index (χ1n) is 11.5. The molecule has 0 aromatic carbocycles. The molecule has 0 bridgehead atoms. The Morgan fingerprint density at radius 3 is 1.83 bits per heavy atom. The highest BCUT2D eigenvalue weighted by atomic mass is 16.4. The number of rotatable bonds is 14. The molecule has 174 valence electrons. The molecule has 9 nitrogen and oxygen atoms in total. The Hall–Kier alpha value is -1.10. The van der Waals surface area contributed by atoms with Gasteiger partial charge < -0.3 is 30.8 Å². The van der Waals surface area contributed by atoms with Crippen LogP contribution in [0.3, 0.4) is 0 Å². The second kappa shape index (κ2) is 13.3. The first kappa shape index (κ1) is 25.2. The van der Waals surface area contributed by atoms with E-state index in [1.807, 2.05) is 6.20 Å². The van der Waals surface area contributed by atoms with Crippen molar-refractivity contribution in [3.63, 3.8) is 0 Å². The first-order chi connectivity index (χ1) is 14.5. The zero-order valence-corrected chi connectivity index (χ0v) is 18.1. The Bertz CT molecular complexity index is 571. The monoisotopic (exact) mass is 428 g/mol. The Morgan fingerprint density at radius 1 is 0.767 bits per heavy atom. The molecule has 1 saturated carbocycles. The van der Waals surface area contributed by atoms with E-state index in [-0.39, 0.29) is 6.54 Å². The minimum absolute atomic E-state index is 0.215. The maximum absolute atomic E-state index is 10.1. The first-order valence-corrected chi connectivity index (χ1v) is 11.5. The van der Waals surface area contributed by atoms with Crippen molar-refractivity contribution in [1.82, 2.24) is 20.3 Å². The van der Waals surface area contributed by atoms with Gasteiger partial charge in [-0.3, -0.25) is 4.68 Å². The number of hydrogen-bond donors (Lipinski definition) is 6. The molecule has 0 radical (unpaired) electrons. The number of aliphatic hydroxyl groups is 5. The summed E-state index contributed by atoms with van der Waals surface area (Å²) < 4.78 is 1.78. The minimum Gasteiger partial charge on any atom is -0.389 e. The van der Waals surface area contributed by atoms with E-state index in [4.69, 9.17) is 0 Å². The topological polar surface area (TPSA) is 144 Å². The van der Waals surface area contributed by atoms with E-state index in [0.29, 0.717) is 5.69 Å². The van der Waals surface area contributed by atoms with E-state index in [1.54, 1.807) is 4.68 Å². The highest BCUT2D eigenvalue weighted by Gasteiger charge is 2.47. The van der Waals surface area contributed by atoms with Crippen LogP contribution >= 0.6 is 0 Å². The van der Waals surface area contributed by atoms with Crippen molar-refractivity contribution >= 4 is 0 Å². The quantitative estimate of drug-likeness (QED) is 0.235. The minimum atomic E-state index is -1.59. The summed E-state index contributed by atoms with van der Waals surface area (Å²) >= 11 is 0. The SMILES string of the molecule is CCCCCCCCCCCCn1cc(CNC2[C@@H](O)[C@H](O)C(O)[C@H](O)[C@H]2O)nn1. The van der Waals surface area contributed by atoms with E-state index in [0.717, 1.165) is 13.0 Å². The van der Waals surface area contributed by atoms with Crippen molar-refractivity contribution in [1.29, 1.82) is 0 Å². The fourth-order valence-corrected chi connectivity index (χ4v) is 3.99. The maximum Gasteiger partial charge on any atom is 0.111 e. The summed E-state index contributed by atoms with van der Waals surface area (Å²) in [5, 5.41) is 60.4. The van der Waals surface area contributed by atoms with Gasteiger partial charge in [-0.05, 0) is 6.42 Å². The van der Waals surface area contributed by atoms with Gasteiger partial charge in [0.1, 0.15) is 30.5 Å². The summed E-state index contributed by atoms with van der Waals surface area (Å²) in [5.74, 6) is 0. The van der Waals surface area contributed by atoms with Gasteiger partial charge in [0, 0.05) is 19.3 Å². The molecule has 0 aliphatic heterocycles. The van der Waals surface area contributed by atoms with Gasteiger partial charge in [-0.15, -0.1) is 5.10 Å². The molecule has 1 aliphatic rings. The molecule has 0 saturated heterocycles. The van der Waals surface area contributed by atoms with Crippen LogP contribution in [0, 0.1) is 0 Å². The van der Waals surface area contributed by atoms with Crippen LogP contribution in [0.15, 0.2) is 6.20 Å². The van der Waals surface area contributed by atoms with Crippen LogP contribution in [0.25, 0.3) is 0 Å². The van der Waals surface area contributed by atoms with Gasteiger partial charge in [0.2, 0.25) is 0 Å². The zero-order chi connectivity index (χ0) is 21.9. The predicted octanol–water partition coefficient (Wildman–Crippen LogP) is 0.475. The molecule has 1 heterocycles. The molecular formula is C21H40N4O5. The summed E-state index contributed by atoms with van der Waals surface area (Å²) in [4.78, 5) is 0. The fraction of sp³-hybridized carbons (Fsp3) is 0.905. The van der Waals surface area contributed by atoms with Gasteiger partial charge in [-0.25, -0.2) is 0 Å². The van der Waals surface area contributed by atoms with Crippen molar-refractivity contribution in [2.24, 2.45) is 0 Å². The van der Waals surface area contributed by atoms with E-state index in [2.05, 4.69) is 22.6 Å². The van der Waals surface area contributed by atoms with Crippen molar-refractivity contribution in [2.45, 2.75) is 121 Å². The molecular weight excluding hydrogens is 388 g/mol. The number of hydrogen-bond acceptors (Lipinski definition) is 8. The Kier molecular flexibility index (Phi) is 11.2. The van der Waals surface area contributed by atoms with E-state index in [9.17, 15) is 25.5 Å². The average molecular weight is 429 g/mol. The molecule has 1 aromatic rings. The largest absolute Gasteiger partial charge is 0.389 e. The predicted molar refractivity (Wildman–Crippen MR) is 113 cm³/mol. The third kappa shape index (κ3) is 7.55.